The van der Waals surface area contributed by atoms with Crippen LogP contribution in [-0.2, 0) is 0 Å². The summed E-state index contributed by atoms with van der Waals surface area (Å²) in [6, 6.07) is 94.4. The molecule has 14 aromatic carbocycles. The maximum absolute atomic E-state index is 18.1. The fourth-order valence-electron chi connectivity index (χ4n) is 11.6. The Balaban J connectivity index is 1.07. The SMILES string of the molecule is Fc1cc(-c2ccccc2)cc(-c2ccccc2)c1N(c1cccc2ccccc12)c1ccc2ccc3c(N(c4c(F)cc(-c5ccccc5)cc4-c4ccccc4)c4cccc5ccccc45)ccc4ccc1c2c43. The topological polar surface area (TPSA) is 6.48 Å². The maximum atomic E-state index is 18.1. The van der Waals surface area contributed by atoms with Gasteiger partial charge in [-0.25, -0.2) is 8.78 Å². The molecule has 0 radical (unpaired) electrons. The van der Waals surface area contributed by atoms with Gasteiger partial charge in [-0.3, -0.25) is 0 Å². The molecule has 4 heteroatoms. The van der Waals surface area contributed by atoms with Gasteiger partial charge >= 0.3 is 0 Å². The van der Waals surface area contributed by atoms with Crippen LogP contribution < -0.4 is 9.80 Å². The van der Waals surface area contributed by atoms with Gasteiger partial charge in [-0.1, -0.05) is 231 Å². The van der Waals surface area contributed by atoms with E-state index >= 15 is 8.78 Å². The molecule has 0 saturated heterocycles. The van der Waals surface area contributed by atoms with Crippen molar-refractivity contribution in [2.45, 2.75) is 0 Å². The van der Waals surface area contributed by atoms with Gasteiger partial charge in [-0.15, -0.1) is 0 Å². The Morgan fingerprint density at radius 2 is 0.553 bits per heavy atom. The molecule has 0 spiro atoms. The molecule has 0 aliphatic rings. The van der Waals surface area contributed by atoms with Gasteiger partial charge in [0, 0.05) is 32.7 Å². The number of benzene rings is 14. The van der Waals surface area contributed by atoms with E-state index in [-0.39, 0.29) is 11.6 Å². The van der Waals surface area contributed by atoms with E-state index in [1.54, 1.807) is 12.1 Å². The van der Waals surface area contributed by atoms with Gasteiger partial charge in [-0.2, -0.15) is 0 Å². The van der Waals surface area contributed by atoms with Crippen LogP contribution in [0.5, 0.6) is 0 Å². The smallest absolute Gasteiger partial charge is 0.148 e. The number of rotatable bonds is 10. The van der Waals surface area contributed by atoms with Gasteiger partial charge in [0.1, 0.15) is 11.6 Å². The molecule has 0 amide bonds. The minimum atomic E-state index is -0.346. The zero-order valence-corrected chi connectivity index (χ0v) is 41.2. The largest absolute Gasteiger partial charge is 0.306 e. The molecule has 14 aromatic rings. The Hall–Kier alpha value is -9.90. The van der Waals surface area contributed by atoms with Crippen molar-refractivity contribution in [2.75, 3.05) is 9.80 Å². The molecule has 2 nitrogen and oxygen atoms in total. The normalized spacial score (nSPS) is 11.6. The van der Waals surface area contributed by atoms with E-state index in [9.17, 15) is 0 Å². The molecular weight excluding hydrogens is 931 g/mol. The minimum Gasteiger partial charge on any atom is -0.306 e. The van der Waals surface area contributed by atoms with E-state index in [0.29, 0.717) is 11.4 Å². The standard InChI is InChI=1S/C72H46F2N2/c73-63-45-55(47-19-5-1-6-20-47)43-61(51-23-9-3-10-24-51)71(63)75(65-33-17-29-49-27-13-15-31-57(49)65)67-41-37-53-36-40-60-68(42-38-54-35-39-59(67)69(53)70(54)60)76(66-34-18-30-50-28-14-16-32-58(50)66)72-62(52-25-11-4-12-26-52)44-56(46-64(72)74)48-21-7-2-8-22-48/h1-46H. The Morgan fingerprint density at radius 1 is 0.224 bits per heavy atom. The molecule has 0 aromatic heterocycles. The fraction of sp³-hybridized carbons (Fsp3) is 0. The lowest BCUT2D eigenvalue weighted by Crippen LogP contribution is -2.15. The summed E-state index contributed by atoms with van der Waals surface area (Å²) in [5.74, 6) is -0.692. The summed E-state index contributed by atoms with van der Waals surface area (Å²) in [4.78, 5) is 4.28. The molecule has 0 N–H and O–H groups in total. The van der Waals surface area contributed by atoms with E-state index in [1.165, 1.54) is 0 Å². The average Bonchev–Trinajstić information content (AvgIpc) is 3.63. The summed E-state index contributed by atoms with van der Waals surface area (Å²) in [6.45, 7) is 0. The molecular formula is C72H46F2N2. The highest BCUT2D eigenvalue weighted by Gasteiger charge is 2.29. The van der Waals surface area contributed by atoms with Crippen LogP contribution in [0.4, 0.5) is 42.9 Å². The molecule has 0 saturated carbocycles. The van der Waals surface area contributed by atoms with Gasteiger partial charge in [0.15, 0.2) is 0 Å². The number of nitrogens with zero attached hydrogens (tertiary/aromatic N) is 2. The number of anilines is 6. The van der Waals surface area contributed by atoms with Gasteiger partial charge < -0.3 is 9.80 Å². The number of hydrogen-bond acceptors (Lipinski definition) is 2. The summed E-state index contributed by atoms with van der Waals surface area (Å²) in [5, 5.41) is 10.1. The van der Waals surface area contributed by atoms with Crippen LogP contribution in [0, 0.1) is 11.6 Å². The fourth-order valence-corrected chi connectivity index (χ4v) is 11.6. The van der Waals surface area contributed by atoms with E-state index in [0.717, 1.165) is 121 Å². The molecule has 0 aliphatic heterocycles. The van der Waals surface area contributed by atoms with E-state index in [1.807, 2.05) is 121 Å². The third-order valence-electron chi connectivity index (χ3n) is 15.1. The Bertz CT molecular complexity index is 4180. The number of hydrogen-bond donors (Lipinski definition) is 0. The first kappa shape index (κ1) is 44.8. The maximum Gasteiger partial charge on any atom is 0.148 e. The summed E-state index contributed by atoms with van der Waals surface area (Å²) < 4.78 is 36.2. The van der Waals surface area contributed by atoms with E-state index < -0.39 is 0 Å². The van der Waals surface area contributed by atoms with Crippen molar-refractivity contribution in [3.8, 4) is 44.5 Å². The van der Waals surface area contributed by atoms with Crippen molar-refractivity contribution in [2.24, 2.45) is 0 Å². The van der Waals surface area contributed by atoms with Crippen molar-refractivity contribution in [1.29, 1.82) is 0 Å². The van der Waals surface area contributed by atoms with Crippen LogP contribution in [0.25, 0.3) is 98.4 Å². The van der Waals surface area contributed by atoms with Crippen LogP contribution in [0.2, 0.25) is 0 Å². The lowest BCUT2D eigenvalue weighted by molar-refractivity contribution is 0.629. The van der Waals surface area contributed by atoms with Crippen molar-refractivity contribution in [3.05, 3.63) is 291 Å². The Morgan fingerprint density at radius 3 is 0.961 bits per heavy atom. The third kappa shape index (κ3) is 7.53. The van der Waals surface area contributed by atoms with Crippen molar-refractivity contribution < 1.29 is 8.78 Å². The first-order valence-electron chi connectivity index (χ1n) is 25.7. The quantitative estimate of drug-likeness (QED) is 0.126. The van der Waals surface area contributed by atoms with Crippen molar-refractivity contribution in [3.63, 3.8) is 0 Å². The average molecular weight is 977 g/mol. The van der Waals surface area contributed by atoms with E-state index in [4.69, 9.17) is 0 Å². The number of fused-ring (bicyclic) bond motifs is 2. The highest BCUT2D eigenvalue weighted by molar-refractivity contribution is 6.29. The molecule has 0 fully saturated rings. The summed E-state index contributed by atoms with van der Waals surface area (Å²) >= 11 is 0. The van der Waals surface area contributed by atoms with Crippen LogP contribution in [0.3, 0.4) is 0 Å². The predicted octanol–water partition coefficient (Wildman–Crippen LogP) is 20.8. The molecule has 0 heterocycles. The van der Waals surface area contributed by atoms with Crippen LogP contribution in [0.1, 0.15) is 0 Å². The summed E-state index contributed by atoms with van der Waals surface area (Å²) in [7, 11) is 0. The summed E-state index contributed by atoms with van der Waals surface area (Å²) in [6.07, 6.45) is 0. The van der Waals surface area contributed by atoms with Crippen LogP contribution >= 0.6 is 0 Å². The highest BCUT2D eigenvalue weighted by atomic mass is 19.1. The first-order chi connectivity index (χ1) is 37.6. The molecule has 14 rings (SSSR count). The van der Waals surface area contributed by atoms with Gasteiger partial charge in [0.2, 0.25) is 0 Å². The van der Waals surface area contributed by atoms with Crippen molar-refractivity contribution in [1.82, 2.24) is 0 Å². The molecule has 358 valence electrons. The van der Waals surface area contributed by atoms with E-state index in [2.05, 4.69) is 155 Å². The van der Waals surface area contributed by atoms with Gasteiger partial charge in [-0.05, 0) is 114 Å². The predicted molar refractivity (Wildman–Crippen MR) is 316 cm³/mol. The second kappa shape index (κ2) is 18.5. The molecule has 0 unspecified atom stereocenters. The van der Waals surface area contributed by atoms with Crippen LogP contribution in [0.15, 0.2) is 279 Å². The summed E-state index contributed by atoms with van der Waals surface area (Å²) in [5.41, 5.74) is 11.0. The molecule has 0 aliphatic carbocycles. The molecule has 0 atom stereocenters. The lowest BCUT2D eigenvalue weighted by atomic mass is 9.90. The second-order valence-corrected chi connectivity index (χ2v) is 19.4. The van der Waals surface area contributed by atoms with Crippen LogP contribution in [-0.4, -0.2) is 0 Å². The second-order valence-electron chi connectivity index (χ2n) is 19.4. The third-order valence-corrected chi connectivity index (χ3v) is 15.1. The Labute approximate surface area is 439 Å². The molecule has 76 heavy (non-hydrogen) atoms. The lowest BCUT2D eigenvalue weighted by Gasteiger charge is -2.32. The first-order valence-corrected chi connectivity index (χ1v) is 25.7. The van der Waals surface area contributed by atoms with Gasteiger partial charge in [0.05, 0.1) is 34.1 Å². The molecule has 0 bridgehead atoms. The minimum absolute atomic E-state index is 0.346. The highest BCUT2D eigenvalue weighted by Crippen LogP contribution is 2.53. The Kier molecular flexibility index (Phi) is 10.9. The zero-order valence-electron chi connectivity index (χ0n) is 41.2. The zero-order chi connectivity index (χ0) is 50.7. The monoisotopic (exact) mass is 976 g/mol. The number of halogens is 2. The van der Waals surface area contributed by atoms with Crippen molar-refractivity contribution >= 4 is 88.0 Å². The van der Waals surface area contributed by atoms with Gasteiger partial charge in [0.25, 0.3) is 0 Å².